The lowest BCUT2D eigenvalue weighted by molar-refractivity contribution is -0.271. The van der Waals surface area contributed by atoms with Crippen molar-refractivity contribution < 1.29 is 27.8 Å². The predicted molar refractivity (Wildman–Crippen MR) is 59.6 cm³/mol. The Morgan fingerprint density at radius 1 is 1.37 bits per heavy atom. The number of hydrogen-bond donors (Lipinski definition) is 2. The summed E-state index contributed by atoms with van der Waals surface area (Å²) in [5.41, 5.74) is -2.67. The van der Waals surface area contributed by atoms with Crippen LogP contribution < -0.4 is 5.32 Å². The first-order valence-corrected chi connectivity index (χ1v) is 6.24. The van der Waals surface area contributed by atoms with E-state index in [2.05, 4.69) is 5.32 Å². The van der Waals surface area contributed by atoms with Crippen LogP contribution in [0, 0.1) is 0 Å². The van der Waals surface area contributed by atoms with Crippen molar-refractivity contribution in [3.8, 4) is 0 Å². The van der Waals surface area contributed by atoms with Crippen LogP contribution in [0.15, 0.2) is 0 Å². The third kappa shape index (κ3) is 3.11. The maximum atomic E-state index is 12.6. The quantitative estimate of drug-likeness (QED) is 0.750. The molecule has 0 aliphatic carbocycles. The maximum absolute atomic E-state index is 12.6. The van der Waals surface area contributed by atoms with Gasteiger partial charge >= 0.3 is 12.2 Å². The molecule has 5 nitrogen and oxygen atoms in total. The van der Waals surface area contributed by atoms with E-state index >= 15 is 0 Å². The minimum Gasteiger partial charge on any atom is -0.380 e. The number of nitrogens with one attached hydrogen (secondary N) is 1. The lowest BCUT2D eigenvalue weighted by atomic mass is 9.91. The number of halogens is 3. The molecule has 8 heteroatoms. The molecular formula is C11H17F3N2O3. The molecule has 2 saturated heterocycles. The third-order valence-corrected chi connectivity index (χ3v) is 3.66. The van der Waals surface area contributed by atoms with E-state index in [1.165, 1.54) is 4.90 Å². The number of alkyl halides is 3. The van der Waals surface area contributed by atoms with Crippen LogP contribution in [0.25, 0.3) is 0 Å². The van der Waals surface area contributed by atoms with Gasteiger partial charge in [-0.2, -0.15) is 13.2 Å². The van der Waals surface area contributed by atoms with E-state index in [9.17, 15) is 23.1 Å². The average molecular weight is 282 g/mol. The lowest BCUT2D eigenvalue weighted by Crippen LogP contribution is -2.56. The Hall–Kier alpha value is -1.02. The number of ether oxygens (including phenoxy) is 1. The number of aliphatic hydroxyl groups is 1. The fourth-order valence-electron chi connectivity index (χ4n) is 2.28. The van der Waals surface area contributed by atoms with E-state index in [1.54, 1.807) is 0 Å². The van der Waals surface area contributed by atoms with Crippen LogP contribution in [0.4, 0.5) is 18.0 Å². The van der Waals surface area contributed by atoms with Crippen molar-refractivity contribution in [2.75, 3.05) is 26.3 Å². The second kappa shape index (κ2) is 5.16. The maximum Gasteiger partial charge on any atom is 0.417 e. The number of piperidine rings is 1. The fourth-order valence-corrected chi connectivity index (χ4v) is 2.28. The number of likely N-dealkylation sites (tertiary alicyclic amines) is 1. The monoisotopic (exact) mass is 282 g/mol. The van der Waals surface area contributed by atoms with Crippen molar-refractivity contribution in [2.24, 2.45) is 0 Å². The number of hydrogen-bond acceptors (Lipinski definition) is 3. The standard InChI is InChI=1S/C11H17F3N2O3/c12-11(13,14)10(18)2-4-16(5-3-10)9(17)15-8-1-6-19-7-8/h8,18H,1-7H2,(H,15,17). The molecule has 2 rings (SSSR count). The number of amides is 2. The van der Waals surface area contributed by atoms with E-state index in [4.69, 9.17) is 4.74 Å². The van der Waals surface area contributed by atoms with E-state index in [0.29, 0.717) is 19.6 Å². The Morgan fingerprint density at radius 3 is 2.47 bits per heavy atom. The second-order valence-electron chi connectivity index (χ2n) is 5.03. The Labute approximate surface area is 108 Å². The van der Waals surface area contributed by atoms with Crippen LogP contribution >= 0.6 is 0 Å². The van der Waals surface area contributed by atoms with Gasteiger partial charge in [-0.3, -0.25) is 0 Å². The summed E-state index contributed by atoms with van der Waals surface area (Å²) in [7, 11) is 0. The summed E-state index contributed by atoms with van der Waals surface area (Å²) >= 11 is 0. The summed E-state index contributed by atoms with van der Waals surface area (Å²) in [5, 5.41) is 12.2. The molecule has 0 aromatic carbocycles. The molecule has 110 valence electrons. The van der Waals surface area contributed by atoms with Gasteiger partial charge in [0.1, 0.15) is 0 Å². The molecule has 19 heavy (non-hydrogen) atoms. The van der Waals surface area contributed by atoms with Crippen LogP contribution in [0.1, 0.15) is 19.3 Å². The molecule has 0 aromatic rings. The molecule has 0 aromatic heterocycles. The summed E-state index contributed by atoms with van der Waals surface area (Å²) in [4.78, 5) is 13.1. The number of carbonyl (C=O) groups is 1. The largest absolute Gasteiger partial charge is 0.417 e. The molecule has 2 aliphatic rings. The van der Waals surface area contributed by atoms with Crippen LogP contribution in [0.5, 0.6) is 0 Å². The van der Waals surface area contributed by atoms with Crippen molar-refractivity contribution in [3.63, 3.8) is 0 Å². The SMILES string of the molecule is O=C(NC1CCOC1)N1CCC(O)(C(F)(F)F)CC1. The van der Waals surface area contributed by atoms with Crippen LogP contribution in [-0.2, 0) is 4.74 Å². The van der Waals surface area contributed by atoms with Crippen molar-refractivity contribution in [1.82, 2.24) is 10.2 Å². The van der Waals surface area contributed by atoms with Gasteiger partial charge in [0.25, 0.3) is 0 Å². The Morgan fingerprint density at radius 2 is 2.00 bits per heavy atom. The highest BCUT2D eigenvalue weighted by molar-refractivity contribution is 5.74. The van der Waals surface area contributed by atoms with Gasteiger partial charge in [-0.15, -0.1) is 0 Å². The predicted octanol–water partition coefficient (Wildman–Crippen LogP) is 0.874. The highest BCUT2D eigenvalue weighted by Crippen LogP contribution is 2.38. The molecule has 0 saturated carbocycles. The van der Waals surface area contributed by atoms with Crippen molar-refractivity contribution in [2.45, 2.75) is 37.1 Å². The normalized spacial score (nSPS) is 27.4. The molecule has 1 unspecified atom stereocenters. The molecule has 0 radical (unpaired) electrons. The Bertz CT molecular complexity index is 335. The molecule has 0 spiro atoms. The molecule has 0 bridgehead atoms. The number of rotatable bonds is 1. The average Bonchev–Trinajstić information content (AvgIpc) is 2.81. The van der Waals surface area contributed by atoms with Gasteiger partial charge in [-0.1, -0.05) is 0 Å². The van der Waals surface area contributed by atoms with Crippen molar-refractivity contribution in [1.29, 1.82) is 0 Å². The van der Waals surface area contributed by atoms with Crippen LogP contribution in [-0.4, -0.2) is 60.2 Å². The molecule has 2 amide bonds. The summed E-state index contributed by atoms with van der Waals surface area (Å²) in [5.74, 6) is 0. The second-order valence-corrected chi connectivity index (χ2v) is 5.03. The van der Waals surface area contributed by atoms with Crippen molar-refractivity contribution in [3.05, 3.63) is 0 Å². The third-order valence-electron chi connectivity index (χ3n) is 3.66. The number of urea groups is 1. The van der Waals surface area contributed by atoms with Gasteiger partial charge in [0.05, 0.1) is 12.6 Å². The first-order valence-electron chi connectivity index (χ1n) is 6.24. The zero-order valence-electron chi connectivity index (χ0n) is 10.4. The number of carbonyl (C=O) groups excluding carboxylic acids is 1. The molecule has 2 N–H and O–H groups in total. The Balaban J connectivity index is 1.84. The molecule has 1 atom stereocenters. The Kier molecular flexibility index (Phi) is 3.91. The lowest BCUT2D eigenvalue weighted by Gasteiger charge is -2.39. The topological polar surface area (TPSA) is 61.8 Å². The first-order chi connectivity index (χ1) is 8.82. The summed E-state index contributed by atoms with van der Waals surface area (Å²) in [6.07, 6.45) is -4.89. The van der Waals surface area contributed by atoms with E-state index in [-0.39, 0.29) is 25.2 Å². The van der Waals surface area contributed by atoms with Gasteiger partial charge in [0, 0.05) is 32.5 Å². The molecule has 2 heterocycles. The smallest absolute Gasteiger partial charge is 0.380 e. The highest BCUT2D eigenvalue weighted by Gasteiger charge is 2.54. The van der Waals surface area contributed by atoms with Gasteiger partial charge in [-0.05, 0) is 6.42 Å². The van der Waals surface area contributed by atoms with E-state index < -0.39 is 24.6 Å². The zero-order chi connectivity index (χ0) is 14.1. The van der Waals surface area contributed by atoms with Gasteiger partial charge in [0.2, 0.25) is 0 Å². The van der Waals surface area contributed by atoms with E-state index in [0.717, 1.165) is 0 Å². The van der Waals surface area contributed by atoms with Crippen LogP contribution in [0.3, 0.4) is 0 Å². The van der Waals surface area contributed by atoms with Crippen molar-refractivity contribution >= 4 is 6.03 Å². The number of nitrogens with zero attached hydrogens (tertiary/aromatic N) is 1. The molecule has 2 aliphatic heterocycles. The molecular weight excluding hydrogens is 265 g/mol. The van der Waals surface area contributed by atoms with E-state index in [1.807, 2.05) is 0 Å². The van der Waals surface area contributed by atoms with Gasteiger partial charge < -0.3 is 20.1 Å². The zero-order valence-corrected chi connectivity index (χ0v) is 10.4. The van der Waals surface area contributed by atoms with Gasteiger partial charge in [0.15, 0.2) is 5.60 Å². The summed E-state index contributed by atoms with van der Waals surface area (Å²) < 4.78 is 42.9. The summed E-state index contributed by atoms with van der Waals surface area (Å²) in [6.45, 7) is 0.815. The van der Waals surface area contributed by atoms with Gasteiger partial charge in [-0.25, -0.2) is 4.79 Å². The fraction of sp³-hybridized carbons (Fsp3) is 0.909. The minimum atomic E-state index is -4.64. The summed E-state index contributed by atoms with van der Waals surface area (Å²) in [6, 6.07) is -0.462. The van der Waals surface area contributed by atoms with Crippen LogP contribution in [0.2, 0.25) is 0 Å². The highest BCUT2D eigenvalue weighted by atomic mass is 19.4. The molecule has 2 fully saturated rings. The minimum absolute atomic E-state index is 0.0732. The first kappa shape index (κ1) is 14.4.